The van der Waals surface area contributed by atoms with Gasteiger partial charge in [0.05, 0.1) is 0 Å². The van der Waals surface area contributed by atoms with E-state index in [4.69, 9.17) is 0 Å². The number of carboxylic acid groups (broad SMARTS) is 2. The lowest BCUT2D eigenvalue weighted by Gasteiger charge is -2.31. The van der Waals surface area contributed by atoms with E-state index in [-0.39, 0.29) is 24.6 Å². The molecule has 7 heteroatoms. The first-order valence-corrected chi connectivity index (χ1v) is 15.6. The predicted molar refractivity (Wildman–Crippen MR) is 150 cm³/mol. The normalized spacial score (nSPS) is 14.9. The molecule has 0 bridgehead atoms. The smallest absolute Gasteiger partial charge is 0.346 e. The Kier molecular flexibility index (Phi) is 21.7. The molecule has 0 aromatic carbocycles. The van der Waals surface area contributed by atoms with Crippen molar-refractivity contribution in [3.8, 4) is 0 Å². The van der Waals surface area contributed by atoms with Crippen LogP contribution in [0.2, 0.25) is 0 Å². The maximum absolute atomic E-state index is 11.8. The molecular formula is C29H56O6S. The van der Waals surface area contributed by atoms with Gasteiger partial charge in [0.2, 0.25) is 9.87 Å². The molecule has 0 saturated heterocycles. The maximum Gasteiger partial charge on any atom is 0.346 e. The van der Waals surface area contributed by atoms with Crippen LogP contribution in [0, 0.1) is 0 Å². The van der Waals surface area contributed by atoms with Gasteiger partial charge in [-0.2, -0.15) is 0 Å². The second kappa shape index (κ2) is 22.2. The standard InChI is InChI=1S/C29H56O6S/c1-3-5-7-9-11-12-13-14-15-16-17-18-19-21-23-25-29(35,27(32)33)36-28(34,26(30)31)24-22-20-10-8-6-4-2/h34-35H,3-25H2,1-2H3,(H,30,31)(H,32,33). The summed E-state index contributed by atoms with van der Waals surface area (Å²) < 4.78 is 0. The molecule has 0 aliphatic heterocycles. The summed E-state index contributed by atoms with van der Waals surface area (Å²) in [4.78, 5) is 18.9. The molecule has 0 heterocycles. The average Bonchev–Trinajstić information content (AvgIpc) is 2.83. The zero-order valence-corrected chi connectivity index (χ0v) is 24.1. The van der Waals surface area contributed by atoms with E-state index in [1.165, 1.54) is 70.6 Å². The van der Waals surface area contributed by atoms with Crippen molar-refractivity contribution in [2.75, 3.05) is 0 Å². The first-order valence-electron chi connectivity index (χ1n) is 14.8. The molecule has 0 amide bonds. The highest BCUT2D eigenvalue weighted by Crippen LogP contribution is 2.41. The molecule has 0 fully saturated rings. The minimum absolute atomic E-state index is 0.0721. The zero-order valence-electron chi connectivity index (χ0n) is 23.3. The third-order valence-electron chi connectivity index (χ3n) is 6.99. The lowest BCUT2D eigenvalue weighted by atomic mass is 10.0. The summed E-state index contributed by atoms with van der Waals surface area (Å²) in [5, 5.41) is 40.5. The van der Waals surface area contributed by atoms with E-state index in [1.807, 2.05) is 0 Å². The van der Waals surface area contributed by atoms with Crippen LogP contribution < -0.4 is 0 Å². The van der Waals surface area contributed by atoms with Gasteiger partial charge in [0.15, 0.2) is 0 Å². The molecule has 0 aromatic rings. The van der Waals surface area contributed by atoms with Crippen LogP contribution in [0.15, 0.2) is 0 Å². The Bertz CT molecular complexity index is 558. The second-order valence-corrected chi connectivity index (χ2v) is 12.1. The fourth-order valence-corrected chi connectivity index (χ4v) is 5.79. The molecule has 2 unspecified atom stereocenters. The van der Waals surface area contributed by atoms with Gasteiger partial charge >= 0.3 is 11.9 Å². The fraction of sp³-hybridized carbons (Fsp3) is 0.931. The molecule has 0 aliphatic rings. The number of hydrogen-bond donors (Lipinski definition) is 4. The van der Waals surface area contributed by atoms with Gasteiger partial charge in [0.25, 0.3) is 0 Å². The van der Waals surface area contributed by atoms with Gasteiger partial charge in [-0.1, -0.05) is 148 Å². The van der Waals surface area contributed by atoms with Crippen molar-refractivity contribution in [2.24, 2.45) is 0 Å². The largest absolute Gasteiger partial charge is 0.478 e. The summed E-state index contributed by atoms with van der Waals surface area (Å²) in [7, 11) is 0. The maximum atomic E-state index is 11.8. The Morgan fingerprint density at radius 1 is 0.472 bits per heavy atom. The van der Waals surface area contributed by atoms with Crippen molar-refractivity contribution >= 4 is 23.7 Å². The van der Waals surface area contributed by atoms with Gasteiger partial charge < -0.3 is 20.4 Å². The lowest BCUT2D eigenvalue weighted by Crippen LogP contribution is -2.45. The molecule has 6 nitrogen and oxygen atoms in total. The van der Waals surface area contributed by atoms with Crippen LogP contribution in [0.4, 0.5) is 0 Å². The summed E-state index contributed by atoms with van der Waals surface area (Å²) >= 11 is 0.278. The highest BCUT2D eigenvalue weighted by molar-refractivity contribution is 8.03. The van der Waals surface area contributed by atoms with Gasteiger partial charge in [-0.25, -0.2) is 9.59 Å². The molecule has 4 N–H and O–H groups in total. The molecule has 0 aromatic heterocycles. The van der Waals surface area contributed by atoms with E-state index in [1.54, 1.807) is 0 Å². The minimum atomic E-state index is -2.30. The van der Waals surface area contributed by atoms with Crippen LogP contribution in [-0.2, 0) is 9.59 Å². The summed E-state index contributed by atoms with van der Waals surface area (Å²) in [5.74, 6) is -2.97. The Balaban J connectivity index is 4.13. The van der Waals surface area contributed by atoms with E-state index in [9.17, 15) is 30.0 Å². The Labute approximate surface area is 225 Å². The Morgan fingerprint density at radius 3 is 0.917 bits per heavy atom. The van der Waals surface area contributed by atoms with Crippen molar-refractivity contribution in [3.63, 3.8) is 0 Å². The lowest BCUT2D eigenvalue weighted by molar-refractivity contribution is -0.152. The summed E-state index contributed by atoms with van der Waals surface area (Å²) in [6.45, 7) is 4.36. The predicted octanol–water partition coefficient (Wildman–Crippen LogP) is 8.28. The van der Waals surface area contributed by atoms with E-state index in [2.05, 4.69) is 13.8 Å². The van der Waals surface area contributed by atoms with Gasteiger partial charge in [-0.05, 0) is 25.7 Å². The summed E-state index contributed by atoms with van der Waals surface area (Å²) in [5.41, 5.74) is 0. The monoisotopic (exact) mass is 532 g/mol. The van der Waals surface area contributed by atoms with Gasteiger partial charge in [0.1, 0.15) is 0 Å². The second-order valence-electron chi connectivity index (χ2n) is 10.5. The van der Waals surface area contributed by atoms with Crippen LogP contribution in [-0.4, -0.2) is 42.2 Å². The van der Waals surface area contributed by atoms with Gasteiger partial charge in [-0.3, -0.25) is 0 Å². The van der Waals surface area contributed by atoms with E-state index in [0.29, 0.717) is 12.8 Å². The summed E-state index contributed by atoms with van der Waals surface area (Å²) in [6, 6.07) is 0. The fourth-order valence-electron chi connectivity index (χ4n) is 4.56. The van der Waals surface area contributed by atoms with Crippen LogP contribution in [0.25, 0.3) is 0 Å². The highest BCUT2D eigenvalue weighted by atomic mass is 32.2. The average molecular weight is 533 g/mol. The third kappa shape index (κ3) is 17.6. The molecule has 0 saturated carbocycles. The van der Waals surface area contributed by atoms with E-state index in [0.717, 1.165) is 51.4 Å². The molecule has 0 rings (SSSR count). The summed E-state index contributed by atoms with van der Waals surface area (Å²) in [6.07, 6.45) is 23.1. The van der Waals surface area contributed by atoms with Crippen molar-refractivity contribution in [1.29, 1.82) is 0 Å². The SMILES string of the molecule is CCCCCCCCCCCCCCCCCC(O)(SC(O)(CCCCCCCC)C(=O)O)C(=O)O. The van der Waals surface area contributed by atoms with Crippen LogP contribution in [0.5, 0.6) is 0 Å². The Hall–Kier alpha value is -0.790. The molecule has 214 valence electrons. The molecule has 36 heavy (non-hydrogen) atoms. The first-order chi connectivity index (χ1) is 17.2. The third-order valence-corrected chi connectivity index (χ3v) is 8.43. The van der Waals surface area contributed by atoms with Crippen LogP contribution >= 0.6 is 11.8 Å². The number of hydrogen-bond acceptors (Lipinski definition) is 5. The molecule has 0 spiro atoms. The minimum Gasteiger partial charge on any atom is -0.478 e. The first kappa shape index (κ1) is 35.2. The molecule has 0 radical (unpaired) electrons. The van der Waals surface area contributed by atoms with Gasteiger partial charge in [0, 0.05) is 0 Å². The van der Waals surface area contributed by atoms with Crippen LogP contribution in [0.1, 0.15) is 162 Å². The zero-order chi connectivity index (χ0) is 27.1. The van der Waals surface area contributed by atoms with Crippen molar-refractivity contribution in [1.82, 2.24) is 0 Å². The Morgan fingerprint density at radius 2 is 0.694 bits per heavy atom. The van der Waals surface area contributed by atoms with Crippen LogP contribution in [0.3, 0.4) is 0 Å². The molecule has 0 aliphatic carbocycles. The van der Waals surface area contributed by atoms with Crippen molar-refractivity contribution in [2.45, 2.75) is 171 Å². The van der Waals surface area contributed by atoms with Gasteiger partial charge in [-0.15, -0.1) is 0 Å². The number of thioether (sulfide) groups is 1. The molecular weight excluding hydrogens is 476 g/mol. The number of unbranched alkanes of at least 4 members (excludes halogenated alkanes) is 19. The number of rotatable bonds is 27. The number of aliphatic carboxylic acids is 2. The highest BCUT2D eigenvalue weighted by Gasteiger charge is 2.48. The number of carboxylic acids is 2. The topological polar surface area (TPSA) is 115 Å². The van der Waals surface area contributed by atoms with Crippen molar-refractivity contribution in [3.05, 3.63) is 0 Å². The van der Waals surface area contributed by atoms with E-state index >= 15 is 0 Å². The quantitative estimate of drug-likeness (QED) is 0.0621. The van der Waals surface area contributed by atoms with Crippen molar-refractivity contribution < 1.29 is 30.0 Å². The molecule has 2 atom stereocenters. The number of aliphatic hydroxyl groups is 2. The van der Waals surface area contributed by atoms with E-state index < -0.39 is 21.8 Å². The number of carbonyl (C=O) groups is 2.